The molecule has 0 saturated heterocycles. The summed E-state index contributed by atoms with van der Waals surface area (Å²) in [5.41, 5.74) is 6.91. The fourth-order valence-corrected chi connectivity index (χ4v) is 1.12. The normalized spacial score (nSPS) is 12.6. The smallest absolute Gasteiger partial charge is 0.260 e. The van der Waals surface area contributed by atoms with Crippen LogP contribution in [0.15, 0.2) is 0 Å². The maximum absolute atomic E-state index is 10.6. The van der Waals surface area contributed by atoms with Gasteiger partial charge in [0.25, 0.3) is 5.91 Å². The van der Waals surface area contributed by atoms with Crippen molar-refractivity contribution in [2.75, 3.05) is 12.0 Å². The molecule has 0 aliphatic rings. The molecular weight excluding hydrogens is 164 g/mol. The highest BCUT2D eigenvalue weighted by atomic mass is 32.2. The van der Waals surface area contributed by atoms with Crippen molar-refractivity contribution in [1.29, 1.82) is 0 Å². The highest BCUT2D eigenvalue weighted by Gasteiger charge is 2.10. The van der Waals surface area contributed by atoms with Crippen LogP contribution in [-0.2, 0) is 4.79 Å². The lowest BCUT2D eigenvalue weighted by Crippen LogP contribution is -2.38. The van der Waals surface area contributed by atoms with E-state index in [1.807, 2.05) is 6.26 Å². The second-order valence-electron chi connectivity index (χ2n) is 2.22. The van der Waals surface area contributed by atoms with E-state index in [2.05, 4.69) is 0 Å². The maximum atomic E-state index is 10.6. The minimum absolute atomic E-state index is 0.508. The summed E-state index contributed by atoms with van der Waals surface area (Å²) >= 11 is 1.71. The van der Waals surface area contributed by atoms with Gasteiger partial charge in [0, 0.05) is 0 Å². The average Bonchev–Trinajstić information content (AvgIpc) is 2.03. The molecule has 0 spiro atoms. The Kier molecular flexibility index (Phi) is 6.30. The zero-order valence-electron chi connectivity index (χ0n) is 6.54. The van der Waals surface area contributed by atoms with Crippen LogP contribution in [0.1, 0.15) is 12.8 Å². The third-order valence-corrected chi connectivity index (χ3v) is 2.01. The van der Waals surface area contributed by atoms with Crippen LogP contribution in [0.5, 0.6) is 0 Å². The van der Waals surface area contributed by atoms with Crippen LogP contribution in [0.25, 0.3) is 0 Å². The van der Waals surface area contributed by atoms with Gasteiger partial charge in [0.2, 0.25) is 0 Å². The van der Waals surface area contributed by atoms with E-state index >= 15 is 0 Å². The molecule has 0 aromatic heterocycles. The number of carbonyl (C=O) groups is 1. The summed E-state index contributed by atoms with van der Waals surface area (Å²) in [4.78, 5) is 10.6. The Bertz CT molecular complexity index is 121. The molecular formula is C6H14N2O2S. The molecule has 0 fully saturated rings. The summed E-state index contributed by atoms with van der Waals surface area (Å²) < 4.78 is 0. The number of hydrogen-bond donors (Lipinski definition) is 3. The Morgan fingerprint density at radius 2 is 2.45 bits per heavy atom. The fourth-order valence-electron chi connectivity index (χ4n) is 0.662. The summed E-state index contributed by atoms with van der Waals surface area (Å²) in [5, 5.41) is 8.18. The largest absolute Gasteiger partial charge is 0.320 e. The van der Waals surface area contributed by atoms with Gasteiger partial charge in [0.15, 0.2) is 0 Å². The Morgan fingerprint density at radius 3 is 2.91 bits per heavy atom. The van der Waals surface area contributed by atoms with Crippen molar-refractivity contribution >= 4 is 17.7 Å². The summed E-state index contributed by atoms with van der Waals surface area (Å²) in [6, 6.07) is -0.577. The molecule has 5 heteroatoms. The Balaban J connectivity index is 3.36. The minimum Gasteiger partial charge on any atom is -0.320 e. The van der Waals surface area contributed by atoms with E-state index in [1.54, 1.807) is 11.8 Å². The Labute approximate surface area is 70.5 Å². The number of carbonyl (C=O) groups excluding carboxylic acids is 1. The van der Waals surface area contributed by atoms with Crippen LogP contribution in [0, 0.1) is 0 Å². The zero-order valence-corrected chi connectivity index (χ0v) is 7.36. The standard InChI is InChI=1S/C6H14N2O2S/c1-11-4-2-3-5(7)6(9)8-10/h5,10H,2-4,7H2,1H3,(H,8,9)/t5-/m0/s1. The molecule has 4 nitrogen and oxygen atoms in total. The monoisotopic (exact) mass is 178 g/mol. The molecule has 0 heterocycles. The van der Waals surface area contributed by atoms with E-state index < -0.39 is 11.9 Å². The van der Waals surface area contributed by atoms with Gasteiger partial charge in [-0.05, 0) is 24.9 Å². The van der Waals surface area contributed by atoms with Crippen molar-refractivity contribution in [3.8, 4) is 0 Å². The fraction of sp³-hybridized carbons (Fsp3) is 0.833. The lowest BCUT2D eigenvalue weighted by Gasteiger charge is -2.07. The van der Waals surface area contributed by atoms with Gasteiger partial charge >= 0.3 is 0 Å². The van der Waals surface area contributed by atoms with Gasteiger partial charge in [0.1, 0.15) is 0 Å². The number of hydrogen-bond acceptors (Lipinski definition) is 4. The number of thioether (sulfide) groups is 1. The number of rotatable bonds is 5. The summed E-state index contributed by atoms with van der Waals surface area (Å²) in [7, 11) is 0. The summed E-state index contributed by atoms with van der Waals surface area (Å²) in [5.74, 6) is 0.484. The molecule has 4 N–H and O–H groups in total. The molecule has 0 aromatic carbocycles. The molecule has 0 radical (unpaired) electrons. The molecule has 0 saturated carbocycles. The molecule has 0 unspecified atom stereocenters. The van der Waals surface area contributed by atoms with Crippen LogP contribution in [0.2, 0.25) is 0 Å². The van der Waals surface area contributed by atoms with Gasteiger partial charge in [0.05, 0.1) is 6.04 Å². The van der Waals surface area contributed by atoms with Gasteiger partial charge in [-0.1, -0.05) is 0 Å². The molecule has 11 heavy (non-hydrogen) atoms. The quantitative estimate of drug-likeness (QED) is 0.314. The highest BCUT2D eigenvalue weighted by Crippen LogP contribution is 2.01. The van der Waals surface area contributed by atoms with E-state index in [0.717, 1.165) is 12.2 Å². The first-order valence-electron chi connectivity index (χ1n) is 3.40. The predicted octanol–water partition coefficient (Wildman–Crippen LogP) is -0.0377. The molecule has 1 atom stereocenters. The first kappa shape index (κ1) is 10.7. The molecule has 1 amide bonds. The average molecular weight is 178 g/mol. The SMILES string of the molecule is CSCCC[C@H](N)C(=O)NO. The molecule has 0 bridgehead atoms. The minimum atomic E-state index is -0.577. The van der Waals surface area contributed by atoms with E-state index in [-0.39, 0.29) is 0 Å². The van der Waals surface area contributed by atoms with E-state index in [9.17, 15) is 4.79 Å². The number of nitrogens with one attached hydrogen (secondary N) is 1. The second kappa shape index (κ2) is 6.45. The van der Waals surface area contributed by atoms with Gasteiger partial charge < -0.3 is 5.73 Å². The summed E-state index contributed by atoms with van der Waals surface area (Å²) in [6.07, 6.45) is 3.51. The van der Waals surface area contributed by atoms with Crippen LogP contribution < -0.4 is 11.2 Å². The third-order valence-electron chi connectivity index (χ3n) is 1.31. The van der Waals surface area contributed by atoms with Crippen molar-refractivity contribution in [3.05, 3.63) is 0 Å². The predicted molar refractivity (Wildman–Crippen MR) is 45.5 cm³/mol. The van der Waals surface area contributed by atoms with Crippen LogP contribution in [-0.4, -0.2) is 29.2 Å². The highest BCUT2D eigenvalue weighted by molar-refractivity contribution is 7.98. The van der Waals surface area contributed by atoms with Crippen molar-refractivity contribution in [3.63, 3.8) is 0 Å². The summed E-state index contributed by atoms with van der Waals surface area (Å²) in [6.45, 7) is 0. The van der Waals surface area contributed by atoms with Gasteiger partial charge in [-0.15, -0.1) is 0 Å². The van der Waals surface area contributed by atoms with Gasteiger partial charge in [-0.25, -0.2) is 5.48 Å². The van der Waals surface area contributed by atoms with E-state index in [4.69, 9.17) is 10.9 Å². The topological polar surface area (TPSA) is 75.4 Å². The lowest BCUT2D eigenvalue weighted by atomic mass is 10.2. The van der Waals surface area contributed by atoms with Gasteiger partial charge in [-0.3, -0.25) is 10.0 Å². The first-order chi connectivity index (χ1) is 5.22. The third kappa shape index (κ3) is 5.06. The van der Waals surface area contributed by atoms with E-state index in [1.165, 1.54) is 5.48 Å². The van der Waals surface area contributed by atoms with Crippen LogP contribution >= 0.6 is 11.8 Å². The number of nitrogens with two attached hydrogens (primary N) is 1. The van der Waals surface area contributed by atoms with Gasteiger partial charge in [-0.2, -0.15) is 11.8 Å². The van der Waals surface area contributed by atoms with Crippen LogP contribution in [0.4, 0.5) is 0 Å². The first-order valence-corrected chi connectivity index (χ1v) is 4.80. The van der Waals surface area contributed by atoms with E-state index in [0.29, 0.717) is 6.42 Å². The zero-order chi connectivity index (χ0) is 8.69. The second-order valence-corrected chi connectivity index (χ2v) is 3.20. The number of amides is 1. The molecule has 0 aliphatic carbocycles. The van der Waals surface area contributed by atoms with Crippen molar-refractivity contribution in [2.45, 2.75) is 18.9 Å². The Hall–Kier alpha value is -0.260. The molecule has 0 aliphatic heterocycles. The lowest BCUT2D eigenvalue weighted by molar-refractivity contribution is -0.130. The van der Waals surface area contributed by atoms with Crippen molar-refractivity contribution < 1.29 is 10.0 Å². The number of hydroxylamine groups is 1. The molecule has 0 rings (SSSR count). The van der Waals surface area contributed by atoms with Crippen LogP contribution in [0.3, 0.4) is 0 Å². The maximum Gasteiger partial charge on any atom is 0.260 e. The molecule has 0 aromatic rings. The van der Waals surface area contributed by atoms with Crippen molar-refractivity contribution in [2.24, 2.45) is 5.73 Å². The van der Waals surface area contributed by atoms with Crippen molar-refractivity contribution in [1.82, 2.24) is 5.48 Å². The Morgan fingerprint density at radius 1 is 1.82 bits per heavy atom. The molecule has 66 valence electrons.